The fraction of sp³-hybridized carbons (Fsp3) is 0.267. The highest BCUT2D eigenvalue weighted by Gasteiger charge is 2.16. The standard InChI is InChI=1S/C15H18N4/c1-10-8-18-19(2)15(10)13(16)7-11-9-17-14-6-4-3-5-12(11)14/h3-6,8-9,13,17H,7,16H2,1-2H3. The van der Waals surface area contributed by atoms with Crippen LogP contribution >= 0.6 is 0 Å². The second-order valence-corrected chi connectivity index (χ2v) is 5.01. The minimum Gasteiger partial charge on any atom is -0.361 e. The van der Waals surface area contributed by atoms with E-state index in [4.69, 9.17) is 5.73 Å². The van der Waals surface area contributed by atoms with Crippen LogP contribution in [0.25, 0.3) is 10.9 Å². The van der Waals surface area contributed by atoms with E-state index in [9.17, 15) is 0 Å². The number of para-hydroxylation sites is 1. The summed E-state index contributed by atoms with van der Waals surface area (Å²) in [6, 6.07) is 8.27. The minimum atomic E-state index is -0.0355. The Labute approximate surface area is 112 Å². The molecule has 0 fully saturated rings. The zero-order valence-electron chi connectivity index (χ0n) is 11.2. The van der Waals surface area contributed by atoms with Crippen molar-refractivity contribution in [3.8, 4) is 0 Å². The molecule has 2 aromatic heterocycles. The molecule has 0 bridgehead atoms. The molecule has 0 saturated heterocycles. The smallest absolute Gasteiger partial charge is 0.0580 e. The first kappa shape index (κ1) is 12.0. The molecule has 19 heavy (non-hydrogen) atoms. The quantitative estimate of drug-likeness (QED) is 0.754. The Bertz CT molecular complexity index is 688. The zero-order chi connectivity index (χ0) is 13.4. The average Bonchev–Trinajstić information content (AvgIpc) is 2.94. The van der Waals surface area contributed by atoms with Crippen LogP contribution in [-0.2, 0) is 13.5 Å². The van der Waals surface area contributed by atoms with Gasteiger partial charge in [0, 0.05) is 24.1 Å². The molecule has 1 unspecified atom stereocenters. The predicted molar refractivity (Wildman–Crippen MR) is 76.9 cm³/mol. The molecule has 1 aromatic carbocycles. The van der Waals surface area contributed by atoms with Crippen molar-refractivity contribution in [2.24, 2.45) is 12.8 Å². The lowest BCUT2D eigenvalue weighted by molar-refractivity contribution is 0.615. The van der Waals surface area contributed by atoms with E-state index in [1.165, 1.54) is 10.9 Å². The van der Waals surface area contributed by atoms with Gasteiger partial charge in [0.25, 0.3) is 0 Å². The van der Waals surface area contributed by atoms with Gasteiger partial charge in [-0.3, -0.25) is 4.68 Å². The molecule has 0 aliphatic heterocycles. The van der Waals surface area contributed by atoms with Crippen molar-refractivity contribution < 1.29 is 0 Å². The molecule has 4 heteroatoms. The number of nitrogens with one attached hydrogen (secondary N) is 1. The van der Waals surface area contributed by atoms with E-state index in [1.54, 1.807) is 0 Å². The highest BCUT2D eigenvalue weighted by Crippen LogP contribution is 2.24. The molecular weight excluding hydrogens is 236 g/mol. The molecule has 3 rings (SSSR count). The van der Waals surface area contributed by atoms with Gasteiger partial charge in [-0.05, 0) is 30.5 Å². The normalized spacial score (nSPS) is 13.0. The van der Waals surface area contributed by atoms with Crippen molar-refractivity contribution in [3.63, 3.8) is 0 Å². The number of aromatic nitrogens is 3. The lowest BCUT2D eigenvalue weighted by Crippen LogP contribution is -2.18. The molecule has 1 atom stereocenters. The van der Waals surface area contributed by atoms with Gasteiger partial charge in [-0.25, -0.2) is 0 Å². The lowest BCUT2D eigenvalue weighted by atomic mass is 10.0. The first-order valence-corrected chi connectivity index (χ1v) is 6.46. The SMILES string of the molecule is Cc1cnn(C)c1C(N)Cc1c[nH]c2ccccc12. The molecule has 0 spiro atoms. The molecule has 0 amide bonds. The number of aromatic amines is 1. The van der Waals surface area contributed by atoms with Gasteiger partial charge in [0.15, 0.2) is 0 Å². The fourth-order valence-corrected chi connectivity index (χ4v) is 2.72. The summed E-state index contributed by atoms with van der Waals surface area (Å²) in [7, 11) is 1.94. The first-order chi connectivity index (χ1) is 9.16. The predicted octanol–water partition coefficient (Wildman–Crippen LogP) is 2.45. The number of benzene rings is 1. The number of nitrogens with two attached hydrogens (primary N) is 1. The van der Waals surface area contributed by atoms with Crippen LogP contribution in [0.3, 0.4) is 0 Å². The highest BCUT2D eigenvalue weighted by molar-refractivity contribution is 5.83. The summed E-state index contributed by atoms with van der Waals surface area (Å²) in [6.45, 7) is 2.05. The number of aryl methyl sites for hydroxylation is 2. The highest BCUT2D eigenvalue weighted by atomic mass is 15.3. The Kier molecular flexibility index (Phi) is 2.87. The van der Waals surface area contributed by atoms with Gasteiger partial charge in [-0.2, -0.15) is 5.10 Å². The molecule has 0 aliphatic rings. The Balaban J connectivity index is 1.93. The first-order valence-electron chi connectivity index (χ1n) is 6.46. The molecule has 2 heterocycles. The van der Waals surface area contributed by atoms with Crippen LogP contribution in [0.5, 0.6) is 0 Å². The monoisotopic (exact) mass is 254 g/mol. The maximum Gasteiger partial charge on any atom is 0.0580 e. The number of hydrogen-bond donors (Lipinski definition) is 2. The van der Waals surface area contributed by atoms with Crippen molar-refractivity contribution in [2.45, 2.75) is 19.4 Å². The van der Waals surface area contributed by atoms with Gasteiger partial charge in [0.05, 0.1) is 17.9 Å². The minimum absolute atomic E-state index is 0.0355. The second kappa shape index (κ2) is 4.55. The van der Waals surface area contributed by atoms with E-state index in [-0.39, 0.29) is 6.04 Å². The summed E-state index contributed by atoms with van der Waals surface area (Å²) in [5.41, 5.74) is 11.0. The van der Waals surface area contributed by atoms with Gasteiger partial charge in [0.2, 0.25) is 0 Å². The van der Waals surface area contributed by atoms with E-state index in [2.05, 4.69) is 41.4 Å². The van der Waals surface area contributed by atoms with E-state index >= 15 is 0 Å². The summed E-state index contributed by atoms with van der Waals surface area (Å²) in [6.07, 6.45) is 4.73. The Hall–Kier alpha value is -2.07. The molecule has 3 N–H and O–H groups in total. The van der Waals surface area contributed by atoms with Crippen molar-refractivity contribution >= 4 is 10.9 Å². The van der Waals surface area contributed by atoms with E-state index in [0.29, 0.717) is 0 Å². The fourth-order valence-electron chi connectivity index (χ4n) is 2.72. The summed E-state index contributed by atoms with van der Waals surface area (Å²) >= 11 is 0. The van der Waals surface area contributed by atoms with Crippen LogP contribution < -0.4 is 5.73 Å². The van der Waals surface area contributed by atoms with Crippen molar-refractivity contribution in [2.75, 3.05) is 0 Å². The van der Waals surface area contributed by atoms with Gasteiger partial charge >= 0.3 is 0 Å². The van der Waals surface area contributed by atoms with Crippen LogP contribution in [0, 0.1) is 6.92 Å². The largest absolute Gasteiger partial charge is 0.361 e. The van der Waals surface area contributed by atoms with Crippen LogP contribution in [-0.4, -0.2) is 14.8 Å². The Morgan fingerprint density at radius 3 is 2.89 bits per heavy atom. The maximum atomic E-state index is 6.35. The third kappa shape index (κ3) is 2.04. The molecule has 0 saturated carbocycles. The maximum absolute atomic E-state index is 6.35. The van der Waals surface area contributed by atoms with Crippen LogP contribution in [0.4, 0.5) is 0 Å². The number of hydrogen-bond acceptors (Lipinski definition) is 2. The number of nitrogens with zero attached hydrogens (tertiary/aromatic N) is 2. The molecule has 0 radical (unpaired) electrons. The third-order valence-corrected chi connectivity index (χ3v) is 3.64. The Morgan fingerprint density at radius 2 is 2.16 bits per heavy atom. The van der Waals surface area contributed by atoms with Crippen LogP contribution in [0.1, 0.15) is 22.9 Å². The van der Waals surface area contributed by atoms with Crippen LogP contribution in [0.2, 0.25) is 0 Å². The van der Waals surface area contributed by atoms with Crippen LogP contribution in [0.15, 0.2) is 36.7 Å². The molecule has 0 aliphatic carbocycles. The summed E-state index contributed by atoms with van der Waals surface area (Å²) < 4.78 is 1.87. The van der Waals surface area contributed by atoms with Crippen molar-refractivity contribution in [1.82, 2.24) is 14.8 Å². The molecule has 98 valence electrons. The van der Waals surface area contributed by atoms with E-state index in [1.807, 2.05) is 24.0 Å². The van der Waals surface area contributed by atoms with Crippen molar-refractivity contribution in [1.29, 1.82) is 0 Å². The lowest BCUT2D eigenvalue weighted by Gasteiger charge is -2.13. The number of rotatable bonds is 3. The number of fused-ring (bicyclic) bond motifs is 1. The second-order valence-electron chi connectivity index (χ2n) is 5.01. The zero-order valence-corrected chi connectivity index (χ0v) is 11.2. The average molecular weight is 254 g/mol. The van der Waals surface area contributed by atoms with E-state index in [0.717, 1.165) is 23.2 Å². The van der Waals surface area contributed by atoms with Gasteiger partial charge in [0.1, 0.15) is 0 Å². The molecule has 3 aromatic rings. The number of H-pyrrole nitrogens is 1. The topological polar surface area (TPSA) is 59.6 Å². The van der Waals surface area contributed by atoms with E-state index < -0.39 is 0 Å². The Morgan fingerprint density at radius 1 is 1.37 bits per heavy atom. The van der Waals surface area contributed by atoms with Gasteiger partial charge in [-0.1, -0.05) is 18.2 Å². The summed E-state index contributed by atoms with van der Waals surface area (Å²) in [5, 5.41) is 5.51. The molecular formula is C15H18N4. The van der Waals surface area contributed by atoms with Crippen molar-refractivity contribution in [3.05, 3.63) is 53.5 Å². The van der Waals surface area contributed by atoms with Gasteiger partial charge < -0.3 is 10.7 Å². The summed E-state index contributed by atoms with van der Waals surface area (Å²) in [5.74, 6) is 0. The van der Waals surface area contributed by atoms with Gasteiger partial charge in [-0.15, -0.1) is 0 Å². The molecule has 4 nitrogen and oxygen atoms in total. The third-order valence-electron chi connectivity index (χ3n) is 3.64. The summed E-state index contributed by atoms with van der Waals surface area (Å²) in [4.78, 5) is 3.29.